The standard InChI is InChI=1S/C22H24F2N2O5S/c1-14-5-3-4-12-26(14)32(29,30)18-9-6-16(7-10-18)22(28)31-15(2)21(27)25-20-13-17(23)8-11-19(20)24/h6-11,13-15H,3-5,12H2,1-2H3,(H,25,27). The van der Waals surface area contributed by atoms with Gasteiger partial charge in [-0.05, 0) is 63.1 Å². The van der Waals surface area contributed by atoms with Gasteiger partial charge in [0, 0.05) is 18.7 Å². The molecule has 2 aromatic carbocycles. The summed E-state index contributed by atoms with van der Waals surface area (Å²) in [5.41, 5.74) is -0.327. The first-order chi connectivity index (χ1) is 15.1. The van der Waals surface area contributed by atoms with E-state index in [0.717, 1.165) is 37.5 Å². The number of sulfonamides is 1. The molecule has 0 aliphatic carbocycles. The van der Waals surface area contributed by atoms with Crippen molar-refractivity contribution in [3.05, 3.63) is 59.7 Å². The molecule has 1 aliphatic heterocycles. The maximum atomic E-state index is 13.7. The third-order valence-electron chi connectivity index (χ3n) is 5.28. The molecule has 1 amide bonds. The van der Waals surface area contributed by atoms with Gasteiger partial charge in [0.25, 0.3) is 5.91 Å². The van der Waals surface area contributed by atoms with E-state index in [9.17, 15) is 26.8 Å². The number of hydrogen-bond acceptors (Lipinski definition) is 5. The number of hydrogen-bond donors (Lipinski definition) is 1. The van der Waals surface area contributed by atoms with Crippen molar-refractivity contribution in [3.8, 4) is 0 Å². The fourth-order valence-corrected chi connectivity index (χ4v) is 5.14. The topological polar surface area (TPSA) is 92.8 Å². The summed E-state index contributed by atoms with van der Waals surface area (Å²) in [4.78, 5) is 24.6. The molecule has 1 N–H and O–H groups in total. The van der Waals surface area contributed by atoms with Gasteiger partial charge in [-0.3, -0.25) is 4.79 Å². The van der Waals surface area contributed by atoms with Gasteiger partial charge in [-0.1, -0.05) is 6.42 Å². The number of ether oxygens (including phenoxy) is 1. The highest BCUT2D eigenvalue weighted by molar-refractivity contribution is 7.89. The van der Waals surface area contributed by atoms with Crippen molar-refractivity contribution in [2.75, 3.05) is 11.9 Å². The summed E-state index contributed by atoms with van der Waals surface area (Å²) in [7, 11) is -3.68. The molecule has 2 unspecified atom stereocenters. The Hall–Kier alpha value is -2.85. The van der Waals surface area contributed by atoms with Gasteiger partial charge in [0.2, 0.25) is 10.0 Å². The highest BCUT2D eigenvalue weighted by Crippen LogP contribution is 2.25. The number of carbonyl (C=O) groups is 2. The fraction of sp³-hybridized carbons (Fsp3) is 0.364. The average Bonchev–Trinajstić information content (AvgIpc) is 2.76. The Kier molecular flexibility index (Phi) is 7.25. The summed E-state index contributed by atoms with van der Waals surface area (Å²) in [6, 6.07) is 7.73. The van der Waals surface area contributed by atoms with Crippen LogP contribution in [0.15, 0.2) is 47.4 Å². The van der Waals surface area contributed by atoms with Gasteiger partial charge in [-0.25, -0.2) is 22.0 Å². The van der Waals surface area contributed by atoms with E-state index in [2.05, 4.69) is 5.32 Å². The number of carbonyl (C=O) groups excluding carboxylic acids is 2. The van der Waals surface area contributed by atoms with Crippen LogP contribution in [0, 0.1) is 11.6 Å². The molecule has 32 heavy (non-hydrogen) atoms. The van der Waals surface area contributed by atoms with Crippen LogP contribution < -0.4 is 5.32 Å². The lowest BCUT2D eigenvalue weighted by Gasteiger charge is -2.32. The molecule has 0 spiro atoms. The number of benzene rings is 2. The Balaban J connectivity index is 1.65. The van der Waals surface area contributed by atoms with Crippen LogP contribution in [0.25, 0.3) is 0 Å². The van der Waals surface area contributed by atoms with E-state index < -0.39 is 39.6 Å². The van der Waals surface area contributed by atoms with Crippen LogP contribution in [0.5, 0.6) is 0 Å². The zero-order valence-electron chi connectivity index (χ0n) is 17.7. The molecule has 2 aromatic rings. The number of anilines is 1. The Morgan fingerprint density at radius 2 is 1.81 bits per heavy atom. The Morgan fingerprint density at radius 3 is 2.47 bits per heavy atom. The summed E-state index contributed by atoms with van der Waals surface area (Å²) in [5.74, 6) is -3.28. The Bertz CT molecular complexity index is 1110. The first kappa shape index (κ1) is 23.8. The van der Waals surface area contributed by atoms with Crippen LogP contribution in [0.3, 0.4) is 0 Å². The minimum absolute atomic E-state index is 0.0484. The zero-order chi connectivity index (χ0) is 23.5. The lowest BCUT2D eigenvalue weighted by molar-refractivity contribution is -0.123. The van der Waals surface area contributed by atoms with Gasteiger partial charge < -0.3 is 10.1 Å². The predicted molar refractivity (Wildman–Crippen MR) is 114 cm³/mol. The minimum Gasteiger partial charge on any atom is -0.449 e. The van der Waals surface area contributed by atoms with Crippen LogP contribution in [-0.2, 0) is 19.6 Å². The second kappa shape index (κ2) is 9.74. The molecular weight excluding hydrogens is 442 g/mol. The van der Waals surface area contributed by atoms with E-state index >= 15 is 0 Å². The average molecular weight is 467 g/mol. The molecule has 0 saturated carbocycles. The van der Waals surface area contributed by atoms with Crippen molar-refractivity contribution in [2.24, 2.45) is 0 Å². The molecule has 0 radical (unpaired) electrons. The van der Waals surface area contributed by atoms with Crippen molar-refractivity contribution in [1.82, 2.24) is 4.31 Å². The molecule has 1 aliphatic rings. The van der Waals surface area contributed by atoms with Gasteiger partial charge in [-0.15, -0.1) is 0 Å². The first-order valence-corrected chi connectivity index (χ1v) is 11.6. The Labute approximate surface area is 185 Å². The molecule has 1 fully saturated rings. The molecule has 10 heteroatoms. The number of rotatable bonds is 6. The van der Waals surface area contributed by atoms with Crippen molar-refractivity contribution in [2.45, 2.75) is 50.2 Å². The van der Waals surface area contributed by atoms with Crippen molar-refractivity contribution in [3.63, 3.8) is 0 Å². The second-order valence-electron chi connectivity index (χ2n) is 7.65. The van der Waals surface area contributed by atoms with Crippen LogP contribution in [0.1, 0.15) is 43.5 Å². The number of nitrogens with one attached hydrogen (secondary N) is 1. The van der Waals surface area contributed by atoms with Crippen LogP contribution in [0.2, 0.25) is 0 Å². The summed E-state index contributed by atoms with van der Waals surface area (Å²) < 4.78 is 59.2. The number of esters is 1. The van der Waals surface area contributed by atoms with Crippen LogP contribution in [0.4, 0.5) is 14.5 Å². The van der Waals surface area contributed by atoms with Crippen molar-refractivity contribution >= 4 is 27.6 Å². The predicted octanol–water partition coefficient (Wildman–Crippen LogP) is 3.71. The van der Waals surface area contributed by atoms with E-state index in [1.165, 1.54) is 35.5 Å². The molecule has 7 nitrogen and oxygen atoms in total. The lowest BCUT2D eigenvalue weighted by Crippen LogP contribution is -2.41. The summed E-state index contributed by atoms with van der Waals surface area (Å²) in [5, 5.41) is 2.16. The van der Waals surface area contributed by atoms with E-state index in [0.29, 0.717) is 6.54 Å². The summed E-state index contributed by atoms with van der Waals surface area (Å²) in [6.07, 6.45) is 1.27. The number of amides is 1. The molecule has 172 valence electrons. The molecule has 1 heterocycles. The smallest absolute Gasteiger partial charge is 0.338 e. The zero-order valence-corrected chi connectivity index (χ0v) is 18.5. The number of piperidine rings is 1. The third-order valence-corrected chi connectivity index (χ3v) is 7.31. The van der Waals surface area contributed by atoms with Crippen LogP contribution in [-0.4, -0.2) is 43.3 Å². The Morgan fingerprint density at radius 1 is 1.12 bits per heavy atom. The van der Waals surface area contributed by atoms with Gasteiger partial charge >= 0.3 is 5.97 Å². The number of nitrogens with zero attached hydrogens (tertiary/aromatic N) is 1. The summed E-state index contributed by atoms with van der Waals surface area (Å²) in [6.45, 7) is 3.59. The summed E-state index contributed by atoms with van der Waals surface area (Å²) >= 11 is 0. The first-order valence-electron chi connectivity index (χ1n) is 10.2. The monoisotopic (exact) mass is 466 g/mol. The second-order valence-corrected chi connectivity index (χ2v) is 9.54. The molecule has 2 atom stereocenters. The highest BCUT2D eigenvalue weighted by atomic mass is 32.2. The fourth-order valence-electron chi connectivity index (χ4n) is 3.44. The van der Waals surface area contributed by atoms with E-state index in [1.54, 1.807) is 0 Å². The molecule has 0 bridgehead atoms. The van der Waals surface area contributed by atoms with Gasteiger partial charge in [-0.2, -0.15) is 4.31 Å². The maximum Gasteiger partial charge on any atom is 0.338 e. The highest BCUT2D eigenvalue weighted by Gasteiger charge is 2.31. The molecule has 0 aromatic heterocycles. The largest absolute Gasteiger partial charge is 0.449 e. The van der Waals surface area contributed by atoms with Gasteiger partial charge in [0.1, 0.15) is 11.6 Å². The molecule has 1 saturated heterocycles. The SMILES string of the molecule is CC(OC(=O)c1ccc(S(=O)(=O)N2CCCCC2C)cc1)C(=O)Nc1cc(F)ccc1F. The maximum absolute atomic E-state index is 13.7. The third kappa shape index (κ3) is 5.31. The molecular formula is C22H24F2N2O5S. The van der Waals surface area contributed by atoms with E-state index in [-0.39, 0.29) is 22.2 Å². The molecule has 3 rings (SSSR count). The minimum atomic E-state index is -3.68. The van der Waals surface area contributed by atoms with Crippen molar-refractivity contribution < 1.29 is 31.5 Å². The van der Waals surface area contributed by atoms with Crippen LogP contribution >= 0.6 is 0 Å². The van der Waals surface area contributed by atoms with Gasteiger partial charge in [0.05, 0.1) is 16.1 Å². The van der Waals surface area contributed by atoms with Gasteiger partial charge in [0.15, 0.2) is 6.10 Å². The normalized spacial score (nSPS) is 18.1. The van der Waals surface area contributed by atoms with E-state index in [4.69, 9.17) is 4.74 Å². The lowest BCUT2D eigenvalue weighted by atomic mass is 10.1. The quantitative estimate of drug-likeness (QED) is 0.655. The number of halogens is 2. The van der Waals surface area contributed by atoms with Crippen molar-refractivity contribution in [1.29, 1.82) is 0 Å². The van der Waals surface area contributed by atoms with E-state index in [1.807, 2.05) is 6.92 Å².